The lowest BCUT2D eigenvalue weighted by Crippen LogP contribution is -2.37. The zero-order chi connectivity index (χ0) is 21.3. The molecule has 0 aliphatic heterocycles. The van der Waals surface area contributed by atoms with E-state index in [0.29, 0.717) is 11.5 Å². The molecule has 0 saturated heterocycles. The van der Waals surface area contributed by atoms with Gasteiger partial charge in [-0.05, 0) is 39.7 Å². The second-order valence-corrected chi connectivity index (χ2v) is 8.00. The normalized spacial score (nSPS) is 13.5. The molecule has 2 heterocycles. The highest BCUT2D eigenvalue weighted by Crippen LogP contribution is 2.28. The molecule has 3 rings (SSSR count). The summed E-state index contributed by atoms with van der Waals surface area (Å²) < 4.78 is 6.30. The Kier molecular flexibility index (Phi) is 5.33. The molecular weight excluding hydrogens is 374 g/mol. The summed E-state index contributed by atoms with van der Waals surface area (Å²) in [5.74, 6) is 4.48. The van der Waals surface area contributed by atoms with E-state index in [1.165, 1.54) is 17.8 Å². The van der Waals surface area contributed by atoms with E-state index < -0.39 is 40.9 Å². The average Bonchev–Trinajstić information content (AvgIpc) is 3.46. The minimum Gasteiger partial charge on any atom is -0.506 e. The lowest BCUT2D eigenvalue weighted by atomic mass is 10.1. The van der Waals surface area contributed by atoms with Gasteiger partial charge in [0.2, 0.25) is 0 Å². The number of fused-ring (bicyclic) bond motifs is 1. The first-order valence-electron chi connectivity index (χ1n) is 9.30. The number of nitrogens with zero attached hydrogens (tertiary/aromatic N) is 2. The van der Waals surface area contributed by atoms with Gasteiger partial charge in [0.1, 0.15) is 29.1 Å². The van der Waals surface area contributed by atoms with Crippen LogP contribution in [0.2, 0.25) is 0 Å². The summed E-state index contributed by atoms with van der Waals surface area (Å²) in [6.45, 7) is 4.68. The van der Waals surface area contributed by atoms with Gasteiger partial charge in [-0.3, -0.25) is 19.0 Å². The second kappa shape index (κ2) is 7.59. The number of aromatic nitrogens is 2. The summed E-state index contributed by atoms with van der Waals surface area (Å²) in [6, 6.07) is 1.59. The maximum Gasteiger partial charge on any atom is 0.325 e. The van der Waals surface area contributed by atoms with Crippen LogP contribution in [-0.4, -0.2) is 38.7 Å². The van der Waals surface area contributed by atoms with Crippen molar-refractivity contribution in [1.29, 1.82) is 0 Å². The Hall–Kier alpha value is -3.34. The molecule has 0 atom stereocenters. The van der Waals surface area contributed by atoms with E-state index in [2.05, 4.69) is 22.1 Å². The number of carbonyl (C=O) groups is 2. The van der Waals surface area contributed by atoms with Gasteiger partial charge < -0.3 is 15.2 Å². The molecule has 2 N–H and O–H groups in total. The molecule has 1 saturated carbocycles. The lowest BCUT2D eigenvalue weighted by Gasteiger charge is -2.19. The SMILES string of the molecule is Cn1c(=O)c(C(=O)NCC(=O)OC(C)(C)C)c(O)c2cc(C#CC3CC3)cnc21. The molecule has 0 unspecified atom stereocenters. The Labute approximate surface area is 167 Å². The number of hydrogen-bond donors (Lipinski definition) is 2. The third-order valence-corrected chi connectivity index (χ3v) is 4.23. The van der Waals surface area contributed by atoms with Crippen molar-refractivity contribution in [3.8, 4) is 17.6 Å². The van der Waals surface area contributed by atoms with E-state index in [1.807, 2.05) is 0 Å². The van der Waals surface area contributed by atoms with E-state index in [-0.39, 0.29) is 11.0 Å². The second-order valence-electron chi connectivity index (χ2n) is 8.00. The van der Waals surface area contributed by atoms with Crippen molar-refractivity contribution in [3.63, 3.8) is 0 Å². The van der Waals surface area contributed by atoms with Crippen LogP contribution in [0.5, 0.6) is 5.75 Å². The van der Waals surface area contributed by atoms with Crippen molar-refractivity contribution in [2.24, 2.45) is 13.0 Å². The van der Waals surface area contributed by atoms with Gasteiger partial charge >= 0.3 is 5.97 Å². The smallest absolute Gasteiger partial charge is 0.325 e. The molecule has 0 bridgehead atoms. The Morgan fingerprint density at radius 1 is 1.38 bits per heavy atom. The van der Waals surface area contributed by atoms with Crippen LogP contribution in [0.25, 0.3) is 11.0 Å². The Morgan fingerprint density at radius 3 is 2.69 bits per heavy atom. The van der Waals surface area contributed by atoms with Crippen molar-refractivity contribution >= 4 is 22.9 Å². The Morgan fingerprint density at radius 2 is 2.07 bits per heavy atom. The molecule has 152 valence electrons. The summed E-state index contributed by atoms with van der Waals surface area (Å²) >= 11 is 0. The largest absolute Gasteiger partial charge is 0.506 e. The monoisotopic (exact) mass is 397 g/mol. The molecule has 8 heteroatoms. The summed E-state index contributed by atoms with van der Waals surface area (Å²) in [5.41, 5.74) is -1.07. The first-order chi connectivity index (χ1) is 13.6. The number of amides is 1. The van der Waals surface area contributed by atoms with Crippen LogP contribution in [0.3, 0.4) is 0 Å². The van der Waals surface area contributed by atoms with Crippen LogP contribution < -0.4 is 10.9 Å². The van der Waals surface area contributed by atoms with Crippen LogP contribution in [0.1, 0.15) is 49.5 Å². The zero-order valence-electron chi connectivity index (χ0n) is 16.8. The number of carbonyl (C=O) groups excluding carboxylic acids is 2. The van der Waals surface area contributed by atoms with Gasteiger partial charge in [0.25, 0.3) is 11.5 Å². The quantitative estimate of drug-likeness (QED) is 0.599. The van der Waals surface area contributed by atoms with Crippen molar-refractivity contribution in [2.45, 2.75) is 39.2 Å². The fourth-order valence-electron chi connectivity index (χ4n) is 2.70. The molecule has 8 nitrogen and oxygen atoms in total. The van der Waals surface area contributed by atoms with Crippen LogP contribution in [-0.2, 0) is 16.6 Å². The summed E-state index contributed by atoms with van der Waals surface area (Å²) in [7, 11) is 1.46. The first-order valence-corrected chi connectivity index (χ1v) is 9.30. The maximum absolute atomic E-state index is 12.6. The van der Waals surface area contributed by atoms with Gasteiger partial charge in [-0.25, -0.2) is 4.98 Å². The average molecular weight is 397 g/mol. The minimum absolute atomic E-state index is 0.230. The molecule has 1 aliphatic carbocycles. The zero-order valence-corrected chi connectivity index (χ0v) is 16.8. The summed E-state index contributed by atoms with van der Waals surface area (Å²) in [4.78, 5) is 41.1. The predicted octanol–water partition coefficient (Wildman–Crippen LogP) is 1.47. The molecule has 0 aromatic carbocycles. The van der Waals surface area contributed by atoms with Gasteiger partial charge in [0.15, 0.2) is 0 Å². The van der Waals surface area contributed by atoms with Gasteiger partial charge in [-0.1, -0.05) is 11.8 Å². The molecule has 1 amide bonds. The lowest BCUT2D eigenvalue weighted by molar-refractivity contribution is -0.153. The van der Waals surface area contributed by atoms with Crippen LogP contribution in [0.4, 0.5) is 0 Å². The highest BCUT2D eigenvalue weighted by Gasteiger charge is 2.24. The number of aromatic hydroxyl groups is 1. The van der Waals surface area contributed by atoms with Gasteiger partial charge in [-0.2, -0.15) is 0 Å². The highest BCUT2D eigenvalue weighted by molar-refractivity contribution is 6.02. The molecule has 2 aromatic heterocycles. The van der Waals surface area contributed by atoms with Gasteiger partial charge in [0, 0.05) is 24.7 Å². The molecule has 1 aliphatic rings. The van der Waals surface area contributed by atoms with Crippen molar-refractivity contribution in [2.75, 3.05) is 6.54 Å². The standard InChI is InChI=1S/C21H23N3O5/c1-21(2,3)29-15(25)11-23-19(27)16-17(26)14-9-13(8-7-12-5-6-12)10-22-18(14)24(4)20(16)28/h9-10,12,26H,5-6,11H2,1-4H3,(H,23,27). The maximum atomic E-state index is 12.6. The molecule has 2 aromatic rings. The van der Waals surface area contributed by atoms with E-state index in [0.717, 1.165) is 12.8 Å². The third kappa shape index (κ3) is 4.74. The van der Waals surface area contributed by atoms with Crippen LogP contribution in [0, 0.1) is 17.8 Å². The number of nitrogens with one attached hydrogen (secondary N) is 1. The third-order valence-electron chi connectivity index (χ3n) is 4.23. The minimum atomic E-state index is -0.870. The van der Waals surface area contributed by atoms with E-state index in [1.54, 1.807) is 26.8 Å². The van der Waals surface area contributed by atoms with Crippen LogP contribution >= 0.6 is 0 Å². The van der Waals surface area contributed by atoms with Crippen LogP contribution in [0.15, 0.2) is 17.1 Å². The Bertz CT molecular complexity index is 1110. The first kappa shape index (κ1) is 20.4. The number of rotatable bonds is 3. The number of pyridine rings is 2. The summed E-state index contributed by atoms with van der Waals surface area (Å²) in [6.07, 6.45) is 3.68. The van der Waals surface area contributed by atoms with Crippen molar-refractivity contribution < 1.29 is 19.4 Å². The van der Waals surface area contributed by atoms with E-state index in [4.69, 9.17) is 4.74 Å². The predicted molar refractivity (Wildman–Crippen MR) is 106 cm³/mol. The number of esters is 1. The topological polar surface area (TPSA) is 111 Å². The van der Waals surface area contributed by atoms with Crippen molar-refractivity contribution in [1.82, 2.24) is 14.9 Å². The van der Waals surface area contributed by atoms with E-state index >= 15 is 0 Å². The number of ether oxygens (including phenoxy) is 1. The van der Waals surface area contributed by atoms with Gasteiger partial charge in [0.05, 0.1) is 5.39 Å². The highest BCUT2D eigenvalue weighted by atomic mass is 16.6. The Balaban J connectivity index is 1.92. The fraction of sp³-hybridized carbons (Fsp3) is 0.429. The van der Waals surface area contributed by atoms with Crippen molar-refractivity contribution in [3.05, 3.63) is 33.7 Å². The molecular formula is C21H23N3O5. The molecule has 29 heavy (non-hydrogen) atoms. The van der Waals surface area contributed by atoms with Gasteiger partial charge in [-0.15, -0.1) is 0 Å². The number of hydrogen-bond acceptors (Lipinski definition) is 6. The molecule has 1 fully saturated rings. The number of aryl methyl sites for hydroxylation is 1. The molecule has 0 spiro atoms. The van der Waals surface area contributed by atoms with E-state index in [9.17, 15) is 19.5 Å². The summed E-state index contributed by atoms with van der Waals surface area (Å²) in [5, 5.41) is 13.2. The fourth-order valence-corrected chi connectivity index (χ4v) is 2.70. The molecule has 0 radical (unpaired) electrons.